The third kappa shape index (κ3) is 5.82. The normalized spacial score (nSPS) is 15.6. The Kier molecular flexibility index (Phi) is 4.07. The minimum absolute atomic E-state index is 0.152. The maximum absolute atomic E-state index is 10.4. The first kappa shape index (κ1) is 10.4. The van der Waals surface area contributed by atoms with Gasteiger partial charge in [-0.15, -0.1) is 0 Å². The molecule has 11 heavy (non-hydrogen) atoms. The molecule has 0 fully saturated rings. The highest BCUT2D eigenvalue weighted by Crippen LogP contribution is 2.00. The van der Waals surface area contributed by atoms with Crippen molar-refractivity contribution in [2.24, 2.45) is 0 Å². The summed E-state index contributed by atoms with van der Waals surface area (Å²) in [5.41, 5.74) is -0.972. The molecular formula is C7H15NO3. The summed E-state index contributed by atoms with van der Waals surface area (Å²) < 4.78 is 4.74. The number of carbonyl (C=O) groups is 1. The van der Waals surface area contributed by atoms with E-state index < -0.39 is 5.60 Å². The van der Waals surface area contributed by atoms with E-state index in [0.29, 0.717) is 0 Å². The molecule has 0 heterocycles. The van der Waals surface area contributed by atoms with E-state index in [9.17, 15) is 9.90 Å². The third-order valence-electron chi connectivity index (χ3n) is 1.17. The molecule has 0 aliphatic heterocycles. The summed E-state index contributed by atoms with van der Waals surface area (Å²) in [6, 6.07) is 0. The lowest BCUT2D eigenvalue weighted by Gasteiger charge is -2.21. The first-order valence-electron chi connectivity index (χ1n) is 3.44. The van der Waals surface area contributed by atoms with Crippen molar-refractivity contribution in [1.82, 2.24) is 5.32 Å². The van der Waals surface area contributed by atoms with Gasteiger partial charge in [-0.05, 0) is 6.92 Å². The van der Waals surface area contributed by atoms with Gasteiger partial charge >= 0.3 is 0 Å². The van der Waals surface area contributed by atoms with E-state index in [1.807, 2.05) is 0 Å². The summed E-state index contributed by atoms with van der Waals surface area (Å²) in [5, 5.41) is 11.9. The molecule has 1 amide bonds. The number of aliphatic hydroxyl groups is 1. The van der Waals surface area contributed by atoms with E-state index in [0.717, 1.165) is 0 Å². The van der Waals surface area contributed by atoms with Gasteiger partial charge < -0.3 is 15.2 Å². The molecule has 0 saturated heterocycles. The molecule has 4 heteroatoms. The van der Waals surface area contributed by atoms with Gasteiger partial charge in [-0.25, -0.2) is 0 Å². The molecule has 0 aromatic rings. The van der Waals surface area contributed by atoms with E-state index in [1.165, 1.54) is 14.0 Å². The van der Waals surface area contributed by atoms with Crippen LogP contribution in [-0.4, -0.2) is 36.9 Å². The zero-order chi connectivity index (χ0) is 8.91. The van der Waals surface area contributed by atoms with E-state index in [1.54, 1.807) is 6.92 Å². The molecule has 1 atom stereocenters. The first-order valence-corrected chi connectivity index (χ1v) is 3.44. The largest absolute Gasteiger partial charge is 0.386 e. The highest BCUT2D eigenvalue weighted by molar-refractivity contribution is 5.72. The standard InChI is InChI=1S/C7H15NO3/c1-6(9)8-4-7(2,10)5-11-3/h10H,4-5H2,1-3H3,(H,8,9). The van der Waals surface area contributed by atoms with Gasteiger partial charge in [0.25, 0.3) is 0 Å². The minimum Gasteiger partial charge on any atom is -0.386 e. The summed E-state index contributed by atoms with van der Waals surface area (Å²) in [4.78, 5) is 10.4. The average molecular weight is 161 g/mol. The number of hydrogen-bond acceptors (Lipinski definition) is 3. The van der Waals surface area contributed by atoms with Crippen LogP contribution >= 0.6 is 0 Å². The van der Waals surface area contributed by atoms with Crippen LogP contribution in [0.5, 0.6) is 0 Å². The molecular weight excluding hydrogens is 146 g/mol. The molecule has 0 spiro atoms. The highest BCUT2D eigenvalue weighted by Gasteiger charge is 2.19. The fourth-order valence-corrected chi connectivity index (χ4v) is 0.677. The molecule has 2 N–H and O–H groups in total. The Labute approximate surface area is 66.5 Å². The van der Waals surface area contributed by atoms with Crippen LogP contribution in [0.2, 0.25) is 0 Å². The Bertz CT molecular complexity index is 134. The maximum atomic E-state index is 10.4. The van der Waals surface area contributed by atoms with Crippen LogP contribution in [0.15, 0.2) is 0 Å². The quantitative estimate of drug-likeness (QED) is 0.585. The number of amides is 1. The fourth-order valence-electron chi connectivity index (χ4n) is 0.677. The van der Waals surface area contributed by atoms with Crippen molar-refractivity contribution in [3.05, 3.63) is 0 Å². The average Bonchev–Trinajstić information content (AvgIpc) is 1.84. The van der Waals surface area contributed by atoms with E-state index >= 15 is 0 Å². The van der Waals surface area contributed by atoms with Gasteiger partial charge in [-0.3, -0.25) is 4.79 Å². The van der Waals surface area contributed by atoms with Crippen molar-refractivity contribution >= 4 is 5.91 Å². The van der Waals surface area contributed by atoms with Crippen LogP contribution in [-0.2, 0) is 9.53 Å². The number of ether oxygens (including phenoxy) is 1. The molecule has 66 valence electrons. The lowest BCUT2D eigenvalue weighted by atomic mass is 10.1. The smallest absolute Gasteiger partial charge is 0.216 e. The Morgan fingerprint density at radius 1 is 1.73 bits per heavy atom. The highest BCUT2D eigenvalue weighted by atomic mass is 16.5. The first-order chi connectivity index (χ1) is 4.98. The van der Waals surface area contributed by atoms with Crippen LogP contribution < -0.4 is 5.32 Å². The molecule has 0 bridgehead atoms. The van der Waals surface area contributed by atoms with Gasteiger partial charge in [0.2, 0.25) is 5.91 Å². The molecule has 0 aromatic carbocycles. The molecule has 4 nitrogen and oxygen atoms in total. The van der Waals surface area contributed by atoms with Crippen molar-refractivity contribution in [1.29, 1.82) is 0 Å². The summed E-state index contributed by atoms with van der Waals surface area (Å²) in [6.07, 6.45) is 0. The van der Waals surface area contributed by atoms with Crippen LogP contribution in [0, 0.1) is 0 Å². The molecule has 0 aromatic heterocycles. The minimum atomic E-state index is -0.972. The summed E-state index contributed by atoms with van der Waals surface area (Å²) in [6.45, 7) is 3.44. The second-order valence-corrected chi connectivity index (χ2v) is 2.84. The third-order valence-corrected chi connectivity index (χ3v) is 1.17. The zero-order valence-corrected chi connectivity index (χ0v) is 7.18. The van der Waals surface area contributed by atoms with Gasteiger partial charge in [-0.2, -0.15) is 0 Å². The second kappa shape index (κ2) is 4.31. The Balaban J connectivity index is 3.63. The molecule has 1 unspecified atom stereocenters. The molecule has 0 aliphatic carbocycles. The van der Waals surface area contributed by atoms with Gasteiger partial charge in [0.15, 0.2) is 0 Å². The van der Waals surface area contributed by atoms with Crippen molar-refractivity contribution in [2.45, 2.75) is 19.4 Å². The van der Waals surface area contributed by atoms with Crippen LogP contribution in [0.25, 0.3) is 0 Å². The topological polar surface area (TPSA) is 58.6 Å². The molecule has 0 saturated carbocycles. The van der Waals surface area contributed by atoms with E-state index in [-0.39, 0.29) is 19.1 Å². The van der Waals surface area contributed by atoms with Gasteiger partial charge in [0.05, 0.1) is 6.61 Å². The molecule has 0 aliphatic rings. The van der Waals surface area contributed by atoms with Crippen molar-refractivity contribution in [3.63, 3.8) is 0 Å². The van der Waals surface area contributed by atoms with Gasteiger partial charge in [0, 0.05) is 20.6 Å². The summed E-state index contributed by atoms with van der Waals surface area (Å²) >= 11 is 0. The number of hydrogen-bond donors (Lipinski definition) is 2. The lowest BCUT2D eigenvalue weighted by molar-refractivity contribution is -0.120. The zero-order valence-electron chi connectivity index (χ0n) is 7.18. The second-order valence-electron chi connectivity index (χ2n) is 2.84. The van der Waals surface area contributed by atoms with Gasteiger partial charge in [-0.1, -0.05) is 0 Å². The van der Waals surface area contributed by atoms with E-state index in [4.69, 9.17) is 4.74 Å². The predicted molar refractivity (Wildman–Crippen MR) is 41.2 cm³/mol. The van der Waals surface area contributed by atoms with Gasteiger partial charge in [0.1, 0.15) is 5.60 Å². The van der Waals surface area contributed by atoms with E-state index in [2.05, 4.69) is 5.32 Å². The van der Waals surface area contributed by atoms with Crippen molar-refractivity contribution in [2.75, 3.05) is 20.3 Å². The monoisotopic (exact) mass is 161 g/mol. The fraction of sp³-hybridized carbons (Fsp3) is 0.857. The predicted octanol–water partition coefficient (Wildman–Crippen LogP) is -0.480. The number of nitrogens with one attached hydrogen (secondary N) is 1. The number of methoxy groups -OCH3 is 1. The Hall–Kier alpha value is -0.610. The van der Waals surface area contributed by atoms with Crippen molar-refractivity contribution in [3.8, 4) is 0 Å². The Morgan fingerprint density at radius 3 is 2.64 bits per heavy atom. The Morgan fingerprint density at radius 2 is 2.27 bits per heavy atom. The molecule has 0 rings (SSSR count). The number of carbonyl (C=O) groups excluding carboxylic acids is 1. The summed E-state index contributed by atoms with van der Waals surface area (Å²) in [5.74, 6) is -0.152. The number of rotatable bonds is 4. The van der Waals surface area contributed by atoms with Crippen LogP contribution in [0.1, 0.15) is 13.8 Å². The van der Waals surface area contributed by atoms with Crippen molar-refractivity contribution < 1.29 is 14.6 Å². The lowest BCUT2D eigenvalue weighted by Crippen LogP contribution is -2.43. The maximum Gasteiger partial charge on any atom is 0.216 e. The SMILES string of the molecule is COCC(C)(O)CNC(C)=O. The summed E-state index contributed by atoms with van der Waals surface area (Å²) in [7, 11) is 1.50. The molecule has 0 radical (unpaired) electrons. The van der Waals surface area contributed by atoms with Crippen LogP contribution in [0.3, 0.4) is 0 Å². The van der Waals surface area contributed by atoms with Crippen LogP contribution in [0.4, 0.5) is 0 Å².